The summed E-state index contributed by atoms with van der Waals surface area (Å²) in [5.41, 5.74) is 0.930. The summed E-state index contributed by atoms with van der Waals surface area (Å²) in [4.78, 5) is 17.8. The highest BCUT2D eigenvalue weighted by Gasteiger charge is 2.48. The molecule has 140 valence electrons. The molecule has 2 N–H and O–H groups in total. The van der Waals surface area contributed by atoms with Crippen LogP contribution in [0, 0.1) is 5.82 Å². The number of piperidine rings is 1. The van der Waals surface area contributed by atoms with Crippen molar-refractivity contribution in [3.05, 3.63) is 46.7 Å². The van der Waals surface area contributed by atoms with Gasteiger partial charge in [-0.25, -0.2) is 17.8 Å². The zero-order valence-electron chi connectivity index (χ0n) is 14.3. The number of rotatable bonds is 5. The number of hydrogen-bond acceptors (Lipinski definition) is 6. The van der Waals surface area contributed by atoms with Gasteiger partial charge in [0.25, 0.3) is 0 Å². The van der Waals surface area contributed by atoms with E-state index in [4.69, 9.17) is 0 Å². The molecule has 0 saturated carbocycles. The third-order valence-electron chi connectivity index (χ3n) is 4.60. The predicted molar refractivity (Wildman–Crippen MR) is 99.6 cm³/mol. The van der Waals surface area contributed by atoms with E-state index >= 15 is 0 Å². The Hall–Kier alpha value is -1.84. The van der Waals surface area contributed by atoms with Crippen molar-refractivity contribution < 1.29 is 17.6 Å². The molecule has 3 rings (SSSR count). The first kappa shape index (κ1) is 18.9. The van der Waals surface area contributed by atoms with Crippen molar-refractivity contribution in [2.24, 2.45) is 0 Å². The Morgan fingerprint density at radius 1 is 1.31 bits per heavy atom. The summed E-state index contributed by atoms with van der Waals surface area (Å²) in [5.74, 6) is -0.816. The second-order valence-corrected chi connectivity index (χ2v) is 9.85. The van der Waals surface area contributed by atoms with E-state index < -0.39 is 20.5 Å². The van der Waals surface area contributed by atoms with E-state index in [1.54, 1.807) is 18.3 Å². The normalized spacial score (nSPS) is 17.0. The number of benzene rings is 1. The molecule has 0 aliphatic carbocycles. The fraction of sp³-hybridized carbons (Fsp3) is 0.412. The first-order chi connectivity index (χ1) is 12.3. The second kappa shape index (κ2) is 7.42. The highest BCUT2D eigenvalue weighted by atomic mass is 32.2. The number of thiazole rings is 1. The van der Waals surface area contributed by atoms with Crippen molar-refractivity contribution in [2.75, 3.05) is 24.7 Å². The van der Waals surface area contributed by atoms with E-state index in [9.17, 15) is 17.6 Å². The molecule has 0 radical (unpaired) electrons. The van der Waals surface area contributed by atoms with Crippen LogP contribution in [0.25, 0.3) is 0 Å². The molecular formula is C17H20FN3O3S2. The van der Waals surface area contributed by atoms with E-state index in [1.165, 1.54) is 23.5 Å². The van der Waals surface area contributed by atoms with Crippen molar-refractivity contribution in [2.45, 2.75) is 24.0 Å². The van der Waals surface area contributed by atoms with Crippen molar-refractivity contribution in [1.82, 2.24) is 10.3 Å². The second-order valence-electron chi connectivity index (χ2n) is 6.41. The monoisotopic (exact) mass is 397 g/mol. The van der Waals surface area contributed by atoms with Gasteiger partial charge in [-0.15, -0.1) is 11.3 Å². The lowest BCUT2D eigenvalue weighted by Crippen LogP contribution is -2.55. The third-order valence-corrected chi connectivity index (χ3v) is 7.53. The maximum Gasteiger partial charge on any atom is 0.247 e. The number of anilines is 1. The summed E-state index contributed by atoms with van der Waals surface area (Å²) >= 11 is 1.29. The highest BCUT2D eigenvalue weighted by Crippen LogP contribution is 2.30. The van der Waals surface area contributed by atoms with E-state index in [0.29, 0.717) is 24.6 Å². The smallest absolute Gasteiger partial charge is 0.247 e. The van der Waals surface area contributed by atoms with Crippen molar-refractivity contribution >= 4 is 32.2 Å². The lowest BCUT2D eigenvalue weighted by molar-refractivity contribution is -0.119. The minimum Gasteiger partial charge on any atom is -0.317 e. The summed E-state index contributed by atoms with van der Waals surface area (Å²) < 4.78 is 36.1. The number of nitrogens with one attached hydrogen (secondary N) is 2. The number of amides is 1. The van der Waals surface area contributed by atoms with Crippen LogP contribution in [-0.4, -0.2) is 43.4 Å². The number of aromatic nitrogens is 1. The topological polar surface area (TPSA) is 88.2 Å². The van der Waals surface area contributed by atoms with Gasteiger partial charge in [0.2, 0.25) is 5.91 Å². The number of carbonyl (C=O) groups is 1. The quantitative estimate of drug-likeness (QED) is 0.805. The Kier molecular flexibility index (Phi) is 5.40. The molecule has 26 heavy (non-hydrogen) atoms. The van der Waals surface area contributed by atoms with Crippen molar-refractivity contribution in [1.29, 1.82) is 0 Å². The van der Waals surface area contributed by atoms with Crippen LogP contribution >= 0.6 is 11.3 Å². The molecule has 0 spiro atoms. The molecule has 6 nitrogen and oxygen atoms in total. The van der Waals surface area contributed by atoms with Crippen LogP contribution in [0.5, 0.6) is 0 Å². The zero-order chi connectivity index (χ0) is 18.8. The van der Waals surface area contributed by atoms with Crippen molar-refractivity contribution in [3.8, 4) is 0 Å². The lowest BCUT2D eigenvalue weighted by Gasteiger charge is -2.33. The highest BCUT2D eigenvalue weighted by molar-refractivity contribution is 7.92. The molecular weight excluding hydrogens is 377 g/mol. The molecule has 1 aliphatic heterocycles. The Labute approximate surface area is 155 Å². The molecule has 1 amide bonds. The van der Waals surface area contributed by atoms with Crippen LogP contribution in [0.4, 0.5) is 9.52 Å². The predicted octanol–water partition coefficient (Wildman–Crippen LogP) is 1.98. The SMILES string of the molecule is CS(=O)(=O)C1(C(=O)Nc2ncc(Cc3ccc(F)cc3)s2)CCNCC1. The van der Waals surface area contributed by atoms with Gasteiger partial charge in [0.05, 0.1) is 0 Å². The standard InChI is InChI=1S/C17H20FN3O3S2/c1-26(23,24)17(6-8-19-9-7-17)15(22)21-16-20-11-14(25-16)10-12-2-4-13(18)5-3-12/h2-5,11,19H,6-10H2,1H3,(H,20,21,22). The van der Waals surface area contributed by atoms with Gasteiger partial charge in [0.15, 0.2) is 19.7 Å². The average Bonchev–Trinajstić information content (AvgIpc) is 3.03. The minimum absolute atomic E-state index is 0.242. The molecule has 0 atom stereocenters. The molecule has 1 fully saturated rings. The van der Waals surface area contributed by atoms with Crippen LogP contribution in [0.1, 0.15) is 23.3 Å². The summed E-state index contributed by atoms with van der Waals surface area (Å²) in [6.45, 7) is 0.961. The summed E-state index contributed by atoms with van der Waals surface area (Å²) in [6, 6.07) is 6.18. The van der Waals surface area contributed by atoms with Gasteiger partial charge >= 0.3 is 0 Å². The Bertz CT molecular complexity index is 888. The van der Waals surface area contributed by atoms with Gasteiger partial charge in [0.1, 0.15) is 5.82 Å². The number of carbonyl (C=O) groups excluding carboxylic acids is 1. The van der Waals surface area contributed by atoms with Gasteiger partial charge in [-0.1, -0.05) is 12.1 Å². The molecule has 9 heteroatoms. The van der Waals surface area contributed by atoms with Gasteiger partial charge in [0, 0.05) is 23.8 Å². The number of sulfone groups is 1. The number of nitrogens with zero attached hydrogens (tertiary/aromatic N) is 1. The maximum atomic E-state index is 13.0. The Morgan fingerprint density at radius 3 is 2.58 bits per heavy atom. The van der Waals surface area contributed by atoms with Crippen LogP contribution in [-0.2, 0) is 21.1 Å². The van der Waals surface area contributed by atoms with Crippen LogP contribution in [0.2, 0.25) is 0 Å². The zero-order valence-corrected chi connectivity index (χ0v) is 15.9. The minimum atomic E-state index is -3.56. The van der Waals surface area contributed by atoms with Gasteiger partial charge in [-0.3, -0.25) is 4.79 Å². The first-order valence-electron chi connectivity index (χ1n) is 8.21. The molecule has 1 aromatic heterocycles. The molecule has 0 bridgehead atoms. The molecule has 0 unspecified atom stereocenters. The lowest BCUT2D eigenvalue weighted by atomic mass is 9.96. The summed E-state index contributed by atoms with van der Waals surface area (Å²) in [5, 5.41) is 6.13. The van der Waals surface area contributed by atoms with Crippen molar-refractivity contribution in [3.63, 3.8) is 0 Å². The Balaban J connectivity index is 1.73. The third kappa shape index (κ3) is 3.94. The Morgan fingerprint density at radius 2 is 1.96 bits per heavy atom. The summed E-state index contributed by atoms with van der Waals surface area (Å²) in [6.07, 6.45) is 3.80. The van der Waals surface area contributed by atoms with Crippen LogP contribution < -0.4 is 10.6 Å². The van der Waals surface area contributed by atoms with Gasteiger partial charge in [-0.2, -0.15) is 0 Å². The first-order valence-corrected chi connectivity index (χ1v) is 10.9. The molecule has 2 heterocycles. The van der Waals surface area contributed by atoms with Gasteiger partial charge in [-0.05, 0) is 43.6 Å². The fourth-order valence-electron chi connectivity index (χ4n) is 3.06. The summed E-state index contributed by atoms with van der Waals surface area (Å²) in [7, 11) is -3.56. The van der Waals surface area contributed by atoms with Crippen LogP contribution in [0.3, 0.4) is 0 Å². The van der Waals surface area contributed by atoms with E-state index in [0.717, 1.165) is 16.7 Å². The van der Waals surface area contributed by atoms with E-state index in [2.05, 4.69) is 15.6 Å². The molecule has 1 aromatic carbocycles. The maximum absolute atomic E-state index is 13.0. The molecule has 1 saturated heterocycles. The largest absolute Gasteiger partial charge is 0.317 e. The molecule has 1 aliphatic rings. The average molecular weight is 397 g/mol. The molecule has 2 aromatic rings. The van der Waals surface area contributed by atoms with Gasteiger partial charge < -0.3 is 10.6 Å². The van der Waals surface area contributed by atoms with E-state index in [-0.39, 0.29) is 18.7 Å². The number of hydrogen-bond donors (Lipinski definition) is 2. The van der Waals surface area contributed by atoms with Crippen LogP contribution in [0.15, 0.2) is 30.5 Å². The van der Waals surface area contributed by atoms with E-state index in [1.807, 2.05) is 0 Å². The number of halogens is 1. The fourth-order valence-corrected chi connectivity index (χ4v) is 5.23.